The van der Waals surface area contributed by atoms with Gasteiger partial charge in [-0.25, -0.2) is 0 Å². The van der Waals surface area contributed by atoms with Gasteiger partial charge in [0.1, 0.15) is 0 Å². The number of hydrogen-bond donors (Lipinski definition) is 0. The molecule has 0 unspecified atom stereocenters. The average Bonchev–Trinajstić information content (AvgIpc) is 2.29. The Morgan fingerprint density at radius 2 is 2.00 bits per heavy atom. The first kappa shape index (κ1) is 10.3. The van der Waals surface area contributed by atoms with Crippen LogP contribution in [-0.4, -0.2) is 11.3 Å². The van der Waals surface area contributed by atoms with E-state index in [0.717, 1.165) is 17.4 Å². The van der Waals surface area contributed by atoms with Gasteiger partial charge in [-0.05, 0) is 46.4 Å². The van der Waals surface area contributed by atoms with Gasteiger partial charge >= 0.3 is 0 Å². The van der Waals surface area contributed by atoms with Gasteiger partial charge in [-0.3, -0.25) is 9.78 Å². The van der Waals surface area contributed by atoms with Crippen LogP contribution < -0.4 is 0 Å². The van der Waals surface area contributed by atoms with Gasteiger partial charge in [-0.2, -0.15) is 0 Å². The molecule has 0 fully saturated rings. The SMILES string of the molecule is O=Cc1cncc(-c2cccc(I)c2)c1. The zero-order valence-electron chi connectivity index (χ0n) is 7.85. The van der Waals surface area contributed by atoms with Crippen LogP contribution in [0.2, 0.25) is 0 Å². The smallest absolute Gasteiger partial charge is 0.151 e. The van der Waals surface area contributed by atoms with Gasteiger partial charge in [-0.15, -0.1) is 0 Å². The van der Waals surface area contributed by atoms with E-state index < -0.39 is 0 Å². The summed E-state index contributed by atoms with van der Waals surface area (Å²) in [6.07, 6.45) is 4.13. The molecule has 2 rings (SSSR count). The molecule has 0 aliphatic heterocycles. The zero-order chi connectivity index (χ0) is 10.7. The van der Waals surface area contributed by atoms with E-state index in [9.17, 15) is 4.79 Å². The van der Waals surface area contributed by atoms with Crippen molar-refractivity contribution in [1.29, 1.82) is 0 Å². The van der Waals surface area contributed by atoms with Gasteiger partial charge in [0.05, 0.1) is 0 Å². The van der Waals surface area contributed by atoms with Crippen molar-refractivity contribution in [1.82, 2.24) is 4.98 Å². The molecule has 0 atom stereocenters. The lowest BCUT2D eigenvalue weighted by atomic mass is 10.1. The number of carbonyl (C=O) groups is 1. The second-order valence-corrected chi connectivity index (χ2v) is 4.38. The Morgan fingerprint density at radius 1 is 1.13 bits per heavy atom. The Hall–Kier alpha value is -1.23. The highest BCUT2D eigenvalue weighted by atomic mass is 127. The number of hydrogen-bond acceptors (Lipinski definition) is 2. The van der Waals surface area contributed by atoms with Crippen LogP contribution in [0.4, 0.5) is 0 Å². The van der Waals surface area contributed by atoms with E-state index in [0.29, 0.717) is 5.56 Å². The van der Waals surface area contributed by atoms with Gasteiger partial charge in [0.15, 0.2) is 6.29 Å². The Labute approximate surface area is 101 Å². The summed E-state index contributed by atoms with van der Waals surface area (Å²) in [6, 6.07) is 9.93. The first-order valence-electron chi connectivity index (χ1n) is 4.46. The summed E-state index contributed by atoms with van der Waals surface area (Å²) >= 11 is 2.26. The van der Waals surface area contributed by atoms with E-state index in [-0.39, 0.29) is 0 Å². The molecule has 0 bridgehead atoms. The number of pyridine rings is 1. The lowest BCUT2D eigenvalue weighted by molar-refractivity contribution is 0.112. The first-order valence-corrected chi connectivity index (χ1v) is 5.53. The van der Waals surface area contributed by atoms with Crippen LogP contribution in [0.1, 0.15) is 10.4 Å². The minimum atomic E-state index is 0.603. The molecule has 1 heterocycles. The summed E-state index contributed by atoms with van der Waals surface area (Å²) in [4.78, 5) is 14.6. The molecule has 0 aliphatic carbocycles. The van der Waals surface area contributed by atoms with Crippen molar-refractivity contribution >= 4 is 28.9 Å². The van der Waals surface area contributed by atoms with E-state index in [2.05, 4.69) is 33.6 Å². The number of rotatable bonds is 2. The van der Waals surface area contributed by atoms with Crippen LogP contribution in [0.5, 0.6) is 0 Å². The minimum absolute atomic E-state index is 0.603. The number of benzene rings is 1. The second kappa shape index (κ2) is 4.53. The zero-order valence-corrected chi connectivity index (χ0v) is 10.0. The highest BCUT2D eigenvalue weighted by Crippen LogP contribution is 2.20. The van der Waals surface area contributed by atoms with Crippen LogP contribution in [0.25, 0.3) is 11.1 Å². The molecule has 74 valence electrons. The maximum atomic E-state index is 10.6. The van der Waals surface area contributed by atoms with Crippen LogP contribution in [-0.2, 0) is 0 Å². The van der Waals surface area contributed by atoms with Crippen molar-refractivity contribution in [2.75, 3.05) is 0 Å². The van der Waals surface area contributed by atoms with Crippen LogP contribution in [0.3, 0.4) is 0 Å². The molecule has 0 saturated carbocycles. The van der Waals surface area contributed by atoms with E-state index in [1.807, 2.05) is 24.3 Å². The normalized spacial score (nSPS) is 9.93. The third-order valence-corrected chi connectivity index (χ3v) is 2.72. The summed E-state index contributed by atoms with van der Waals surface area (Å²) in [5, 5.41) is 0. The predicted molar refractivity (Wildman–Crippen MR) is 67.8 cm³/mol. The molecule has 15 heavy (non-hydrogen) atoms. The number of aldehydes is 1. The summed E-state index contributed by atoms with van der Waals surface area (Å²) in [5.41, 5.74) is 2.66. The molecule has 0 spiro atoms. The molecular formula is C12H8INO. The van der Waals surface area contributed by atoms with Gasteiger partial charge in [-0.1, -0.05) is 12.1 Å². The molecule has 3 heteroatoms. The lowest BCUT2D eigenvalue weighted by Crippen LogP contribution is -1.85. The van der Waals surface area contributed by atoms with Crippen molar-refractivity contribution in [3.05, 3.63) is 51.9 Å². The molecule has 0 saturated heterocycles. The van der Waals surface area contributed by atoms with Crippen molar-refractivity contribution in [3.8, 4) is 11.1 Å². The third-order valence-electron chi connectivity index (χ3n) is 2.05. The minimum Gasteiger partial charge on any atom is -0.298 e. The van der Waals surface area contributed by atoms with Gasteiger partial charge in [0, 0.05) is 27.1 Å². The summed E-state index contributed by atoms with van der Waals surface area (Å²) in [5.74, 6) is 0. The van der Waals surface area contributed by atoms with E-state index in [1.165, 1.54) is 3.57 Å². The quantitative estimate of drug-likeness (QED) is 0.630. The van der Waals surface area contributed by atoms with Crippen molar-refractivity contribution in [2.24, 2.45) is 0 Å². The second-order valence-electron chi connectivity index (χ2n) is 3.14. The van der Waals surface area contributed by atoms with Crippen molar-refractivity contribution in [2.45, 2.75) is 0 Å². The Bertz CT molecular complexity index is 496. The molecule has 0 N–H and O–H groups in total. The molecule has 0 amide bonds. The Balaban J connectivity index is 2.49. The first-order chi connectivity index (χ1) is 7.29. The van der Waals surface area contributed by atoms with Crippen LogP contribution in [0.15, 0.2) is 42.7 Å². The summed E-state index contributed by atoms with van der Waals surface area (Å²) in [6.45, 7) is 0. The Morgan fingerprint density at radius 3 is 2.73 bits per heavy atom. The largest absolute Gasteiger partial charge is 0.298 e. The van der Waals surface area contributed by atoms with Crippen molar-refractivity contribution < 1.29 is 4.79 Å². The molecule has 0 radical (unpaired) electrons. The average molecular weight is 309 g/mol. The number of nitrogens with zero attached hydrogens (tertiary/aromatic N) is 1. The van der Waals surface area contributed by atoms with Gasteiger partial charge in [0.25, 0.3) is 0 Å². The Kier molecular flexibility index (Phi) is 3.11. The summed E-state index contributed by atoms with van der Waals surface area (Å²) in [7, 11) is 0. The van der Waals surface area contributed by atoms with E-state index >= 15 is 0 Å². The van der Waals surface area contributed by atoms with Crippen molar-refractivity contribution in [3.63, 3.8) is 0 Å². The van der Waals surface area contributed by atoms with E-state index in [4.69, 9.17) is 0 Å². The fourth-order valence-corrected chi connectivity index (χ4v) is 1.89. The lowest BCUT2D eigenvalue weighted by Gasteiger charge is -2.01. The summed E-state index contributed by atoms with van der Waals surface area (Å²) < 4.78 is 1.17. The third kappa shape index (κ3) is 2.41. The molecule has 1 aromatic carbocycles. The number of halogens is 1. The maximum Gasteiger partial charge on any atom is 0.151 e. The fraction of sp³-hybridized carbons (Fsp3) is 0. The highest BCUT2D eigenvalue weighted by molar-refractivity contribution is 14.1. The van der Waals surface area contributed by atoms with Crippen LogP contribution >= 0.6 is 22.6 Å². The van der Waals surface area contributed by atoms with Gasteiger partial charge in [0.2, 0.25) is 0 Å². The predicted octanol–water partition coefficient (Wildman–Crippen LogP) is 3.17. The molecule has 1 aromatic heterocycles. The highest BCUT2D eigenvalue weighted by Gasteiger charge is 1.99. The van der Waals surface area contributed by atoms with Gasteiger partial charge < -0.3 is 0 Å². The maximum absolute atomic E-state index is 10.6. The topological polar surface area (TPSA) is 30.0 Å². The fourth-order valence-electron chi connectivity index (χ4n) is 1.35. The molecule has 2 nitrogen and oxygen atoms in total. The standard InChI is InChI=1S/C12H8INO/c13-12-3-1-2-10(5-12)11-4-9(8-15)6-14-7-11/h1-8H. The molecular weight excluding hydrogens is 301 g/mol. The number of aromatic nitrogens is 1. The molecule has 0 aliphatic rings. The van der Waals surface area contributed by atoms with Crippen LogP contribution in [0, 0.1) is 3.57 Å². The van der Waals surface area contributed by atoms with E-state index in [1.54, 1.807) is 12.4 Å². The number of carbonyl (C=O) groups excluding carboxylic acids is 1. The monoisotopic (exact) mass is 309 g/mol. The molecule has 2 aromatic rings.